The molecule has 0 radical (unpaired) electrons. The number of nitro benzene ring substituents is 1. The van der Waals surface area contributed by atoms with Crippen molar-refractivity contribution in [1.82, 2.24) is 10.9 Å². The smallest absolute Gasteiger partial charge is 0.270 e. The molecule has 0 spiro atoms. The topological polar surface area (TPSA) is 101 Å². The van der Waals surface area contributed by atoms with Crippen LogP contribution in [0.15, 0.2) is 42.5 Å². The Hall–Kier alpha value is -3.22. The summed E-state index contributed by atoms with van der Waals surface area (Å²) in [4.78, 5) is 34.3. The lowest BCUT2D eigenvalue weighted by Crippen LogP contribution is -2.42. The highest BCUT2D eigenvalue weighted by molar-refractivity contribution is 5.96. The van der Waals surface area contributed by atoms with Gasteiger partial charge in [0.15, 0.2) is 0 Å². The molecule has 7 heteroatoms. The minimum Gasteiger partial charge on any atom is -0.273 e. The number of aryl methyl sites for hydroxylation is 2. The lowest BCUT2D eigenvalue weighted by molar-refractivity contribution is -0.384. The summed E-state index contributed by atoms with van der Waals surface area (Å²) in [6.07, 6.45) is 4.65. The van der Waals surface area contributed by atoms with Crippen LogP contribution in [0.5, 0.6) is 0 Å². The molecule has 0 fully saturated rings. The number of nitro groups is 1. The number of non-ortho nitro benzene ring substituents is 1. The van der Waals surface area contributed by atoms with E-state index in [1.807, 2.05) is 6.07 Å². The number of hydrogen-bond acceptors (Lipinski definition) is 4. The lowest BCUT2D eigenvalue weighted by Gasteiger charge is -2.16. The largest absolute Gasteiger partial charge is 0.273 e. The first-order chi connectivity index (χ1) is 12.5. The van der Waals surface area contributed by atoms with Gasteiger partial charge in [-0.25, -0.2) is 0 Å². The zero-order valence-electron chi connectivity index (χ0n) is 14.2. The summed E-state index contributed by atoms with van der Waals surface area (Å²) in [5.74, 6) is -0.952. The Labute approximate surface area is 150 Å². The van der Waals surface area contributed by atoms with E-state index in [1.54, 1.807) is 0 Å². The fraction of sp³-hybridized carbons (Fsp3) is 0.263. The second-order valence-electron chi connectivity index (χ2n) is 6.30. The van der Waals surface area contributed by atoms with Crippen LogP contribution in [0.25, 0.3) is 0 Å². The summed E-state index contributed by atoms with van der Waals surface area (Å²) in [7, 11) is 0. The van der Waals surface area contributed by atoms with E-state index in [1.165, 1.54) is 42.2 Å². The van der Waals surface area contributed by atoms with Gasteiger partial charge in [0.25, 0.3) is 11.6 Å². The van der Waals surface area contributed by atoms with Crippen molar-refractivity contribution in [3.63, 3.8) is 0 Å². The molecule has 2 aromatic carbocycles. The van der Waals surface area contributed by atoms with E-state index in [2.05, 4.69) is 23.0 Å². The molecule has 2 amide bonds. The zero-order valence-corrected chi connectivity index (χ0v) is 14.2. The number of nitrogens with zero attached hydrogens (tertiary/aromatic N) is 1. The van der Waals surface area contributed by atoms with Gasteiger partial charge in [-0.1, -0.05) is 24.3 Å². The SMILES string of the molecule is O=C(Cc1ccc2c(c1)CCCC2)NNC(=O)c1cccc([N+](=O)[O-])c1. The quantitative estimate of drug-likeness (QED) is 0.651. The Balaban J connectivity index is 1.56. The molecule has 0 saturated carbocycles. The average Bonchev–Trinajstić information content (AvgIpc) is 2.66. The number of carbonyl (C=O) groups excluding carboxylic acids is 2. The fourth-order valence-electron chi connectivity index (χ4n) is 3.09. The second-order valence-corrected chi connectivity index (χ2v) is 6.30. The molecule has 0 unspecified atom stereocenters. The van der Waals surface area contributed by atoms with Crippen molar-refractivity contribution in [2.75, 3.05) is 0 Å². The van der Waals surface area contributed by atoms with Gasteiger partial charge in [0.05, 0.1) is 11.3 Å². The van der Waals surface area contributed by atoms with E-state index in [0.717, 1.165) is 24.5 Å². The molecule has 0 atom stereocenters. The van der Waals surface area contributed by atoms with Crippen molar-refractivity contribution in [2.24, 2.45) is 0 Å². The summed E-state index contributed by atoms with van der Waals surface area (Å²) in [6.45, 7) is 0. The summed E-state index contributed by atoms with van der Waals surface area (Å²) in [5.41, 5.74) is 8.10. The summed E-state index contributed by atoms with van der Waals surface area (Å²) >= 11 is 0. The molecule has 1 aliphatic carbocycles. The van der Waals surface area contributed by atoms with Crippen LogP contribution in [0.1, 0.15) is 39.9 Å². The average molecular weight is 353 g/mol. The van der Waals surface area contributed by atoms with E-state index in [-0.39, 0.29) is 23.6 Å². The molecule has 26 heavy (non-hydrogen) atoms. The van der Waals surface area contributed by atoms with Gasteiger partial charge in [-0.3, -0.25) is 30.6 Å². The highest BCUT2D eigenvalue weighted by Gasteiger charge is 2.14. The van der Waals surface area contributed by atoms with Gasteiger partial charge in [0.1, 0.15) is 0 Å². The number of rotatable bonds is 4. The first-order valence-electron chi connectivity index (χ1n) is 8.47. The van der Waals surface area contributed by atoms with Crippen molar-refractivity contribution < 1.29 is 14.5 Å². The van der Waals surface area contributed by atoms with Crippen molar-refractivity contribution in [3.05, 3.63) is 74.8 Å². The molecule has 134 valence electrons. The third-order valence-corrected chi connectivity index (χ3v) is 4.41. The van der Waals surface area contributed by atoms with Gasteiger partial charge in [0.2, 0.25) is 5.91 Å². The normalized spacial score (nSPS) is 12.8. The molecule has 3 rings (SSSR count). The maximum Gasteiger partial charge on any atom is 0.270 e. The maximum atomic E-state index is 12.1. The number of fused-ring (bicyclic) bond motifs is 1. The number of hydrogen-bond donors (Lipinski definition) is 2. The van der Waals surface area contributed by atoms with Crippen LogP contribution in [-0.4, -0.2) is 16.7 Å². The van der Waals surface area contributed by atoms with E-state index in [0.29, 0.717) is 0 Å². The van der Waals surface area contributed by atoms with E-state index in [4.69, 9.17) is 0 Å². The number of amides is 2. The van der Waals surface area contributed by atoms with E-state index < -0.39 is 10.8 Å². The second kappa shape index (κ2) is 7.77. The van der Waals surface area contributed by atoms with Gasteiger partial charge in [-0.05, 0) is 48.4 Å². The monoisotopic (exact) mass is 353 g/mol. The van der Waals surface area contributed by atoms with Crippen LogP contribution in [0, 0.1) is 10.1 Å². The van der Waals surface area contributed by atoms with Gasteiger partial charge >= 0.3 is 0 Å². The Morgan fingerprint density at radius 1 is 1.00 bits per heavy atom. The van der Waals surface area contributed by atoms with Crippen LogP contribution in [0.3, 0.4) is 0 Å². The molecule has 2 N–H and O–H groups in total. The maximum absolute atomic E-state index is 12.1. The highest BCUT2D eigenvalue weighted by Crippen LogP contribution is 2.22. The zero-order chi connectivity index (χ0) is 18.5. The molecule has 0 aromatic heterocycles. The predicted octanol–water partition coefficient (Wildman–Crippen LogP) is 2.48. The lowest BCUT2D eigenvalue weighted by atomic mass is 9.90. The third kappa shape index (κ3) is 4.24. The number of carbonyl (C=O) groups is 2. The molecule has 0 saturated heterocycles. The molecule has 7 nitrogen and oxygen atoms in total. The van der Waals surface area contributed by atoms with Gasteiger partial charge in [-0.2, -0.15) is 0 Å². The van der Waals surface area contributed by atoms with Crippen LogP contribution in [0.2, 0.25) is 0 Å². The fourth-order valence-corrected chi connectivity index (χ4v) is 3.09. The van der Waals surface area contributed by atoms with Crippen LogP contribution in [0.4, 0.5) is 5.69 Å². The van der Waals surface area contributed by atoms with Gasteiger partial charge in [-0.15, -0.1) is 0 Å². The van der Waals surface area contributed by atoms with Crippen molar-refractivity contribution in [1.29, 1.82) is 0 Å². The first-order valence-corrected chi connectivity index (χ1v) is 8.47. The molecule has 2 aromatic rings. The first kappa shape index (κ1) is 17.6. The van der Waals surface area contributed by atoms with Crippen molar-refractivity contribution in [3.8, 4) is 0 Å². The van der Waals surface area contributed by atoms with Crippen molar-refractivity contribution >= 4 is 17.5 Å². The molecular formula is C19H19N3O4. The van der Waals surface area contributed by atoms with Gasteiger partial charge < -0.3 is 0 Å². The Morgan fingerprint density at radius 2 is 1.77 bits per heavy atom. The molecule has 1 aliphatic rings. The van der Waals surface area contributed by atoms with Crippen LogP contribution >= 0.6 is 0 Å². The Bertz CT molecular complexity index is 864. The van der Waals surface area contributed by atoms with Crippen LogP contribution in [-0.2, 0) is 24.1 Å². The Kier molecular flexibility index (Phi) is 5.26. The van der Waals surface area contributed by atoms with Crippen molar-refractivity contribution in [2.45, 2.75) is 32.1 Å². The molecule has 0 bridgehead atoms. The minimum atomic E-state index is -0.604. The minimum absolute atomic E-state index is 0.105. The molecule has 0 heterocycles. The molecule has 0 aliphatic heterocycles. The molecular weight excluding hydrogens is 334 g/mol. The summed E-state index contributed by atoms with van der Waals surface area (Å²) in [6, 6.07) is 11.4. The van der Waals surface area contributed by atoms with Gasteiger partial charge in [0, 0.05) is 17.7 Å². The van der Waals surface area contributed by atoms with E-state index in [9.17, 15) is 19.7 Å². The van der Waals surface area contributed by atoms with Crippen LogP contribution < -0.4 is 10.9 Å². The summed E-state index contributed by atoms with van der Waals surface area (Å²) < 4.78 is 0. The number of hydrazine groups is 1. The predicted molar refractivity (Wildman–Crippen MR) is 95.5 cm³/mol. The number of benzene rings is 2. The highest BCUT2D eigenvalue weighted by atomic mass is 16.6. The summed E-state index contributed by atoms with van der Waals surface area (Å²) in [5, 5.41) is 10.8. The standard InChI is InChI=1S/C19H19N3O4/c23-18(11-13-8-9-14-4-1-2-5-15(14)10-13)20-21-19(24)16-6-3-7-17(12-16)22(25)26/h3,6-10,12H,1-2,4-5,11H2,(H,20,23)(H,21,24). The van der Waals surface area contributed by atoms with E-state index >= 15 is 0 Å². The Morgan fingerprint density at radius 3 is 2.54 bits per heavy atom. The number of nitrogens with one attached hydrogen (secondary N) is 2. The third-order valence-electron chi connectivity index (χ3n) is 4.41.